The van der Waals surface area contributed by atoms with E-state index in [0.717, 1.165) is 5.56 Å². The zero-order chi connectivity index (χ0) is 18.7. The number of alkyl halides is 1. The van der Waals surface area contributed by atoms with E-state index in [-0.39, 0.29) is 5.91 Å². The Morgan fingerprint density at radius 1 is 1.08 bits per heavy atom. The predicted molar refractivity (Wildman–Crippen MR) is 103 cm³/mol. The summed E-state index contributed by atoms with van der Waals surface area (Å²) < 4.78 is 17.1. The van der Waals surface area contributed by atoms with E-state index in [9.17, 15) is 4.79 Å². The molecule has 0 radical (unpaired) electrons. The molecule has 0 aliphatic carbocycles. The Kier molecular flexibility index (Phi) is 5.03. The van der Waals surface area contributed by atoms with Crippen LogP contribution in [0.3, 0.4) is 0 Å². The van der Waals surface area contributed by atoms with Crippen molar-refractivity contribution in [2.75, 3.05) is 7.05 Å². The molecule has 1 aliphatic heterocycles. The van der Waals surface area contributed by atoms with Crippen LogP contribution in [0.15, 0.2) is 66.7 Å². The van der Waals surface area contributed by atoms with Crippen LogP contribution in [0.4, 0.5) is 4.39 Å². The Balaban J connectivity index is 1.96. The van der Waals surface area contributed by atoms with E-state index in [2.05, 4.69) is 0 Å². The van der Waals surface area contributed by atoms with Crippen LogP contribution in [0.25, 0.3) is 6.08 Å². The lowest BCUT2D eigenvalue weighted by molar-refractivity contribution is -0.622. The predicted octanol–water partition coefficient (Wildman–Crippen LogP) is 4.07. The van der Waals surface area contributed by atoms with Gasteiger partial charge in [0.2, 0.25) is 5.66 Å². The van der Waals surface area contributed by atoms with Crippen molar-refractivity contribution in [2.24, 2.45) is 0 Å². The van der Waals surface area contributed by atoms with E-state index in [1.165, 1.54) is 0 Å². The van der Waals surface area contributed by atoms with Gasteiger partial charge in [-0.25, -0.2) is 4.39 Å². The second-order valence-corrected chi connectivity index (χ2v) is 6.98. The Labute approximate surface area is 154 Å². The van der Waals surface area contributed by atoms with Crippen LogP contribution in [0.2, 0.25) is 0 Å². The number of likely N-dealkylation sites (N-methyl/N-ethyl adjacent to an activating group) is 1. The van der Waals surface area contributed by atoms with Gasteiger partial charge in [0, 0.05) is 27.0 Å². The minimum Gasteiger partial charge on any atom is -0.280 e. The van der Waals surface area contributed by atoms with Gasteiger partial charge in [-0.15, -0.1) is 0 Å². The summed E-state index contributed by atoms with van der Waals surface area (Å²) in [6.07, 6.45) is 4.24. The second kappa shape index (κ2) is 7.24. The van der Waals surface area contributed by atoms with E-state index in [0.29, 0.717) is 5.56 Å². The molecule has 0 saturated carbocycles. The van der Waals surface area contributed by atoms with Crippen molar-refractivity contribution in [3.8, 4) is 0 Å². The van der Waals surface area contributed by atoms with Crippen LogP contribution in [0.5, 0.6) is 0 Å². The van der Waals surface area contributed by atoms with Gasteiger partial charge >= 0.3 is 0 Å². The maximum absolute atomic E-state index is 15.3. The van der Waals surface area contributed by atoms with E-state index in [1.807, 2.05) is 73.2 Å². The molecular weight excluding hydrogens is 327 g/mol. The molecule has 1 unspecified atom stereocenters. The Morgan fingerprint density at radius 2 is 1.65 bits per heavy atom. The molecule has 26 heavy (non-hydrogen) atoms. The Bertz CT molecular complexity index is 828. The summed E-state index contributed by atoms with van der Waals surface area (Å²) in [7, 11) is 1.72. The average molecular weight is 351 g/mol. The molecule has 1 amide bonds. The number of halogens is 1. The molecule has 3 nitrogen and oxygen atoms in total. The van der Waals surface area contributed by atoms with Crippen molar-refractivity contribution in [3.05, 3.63) is 77.9 Å². The third-order valence-electron chi connectivity index (χ3n) is 5.07. The van der Waals surface area contributed by atoms with Gasteiger partial charge in [0.25, 0.3) is 11.9 Å². The van der Waals surface area contributed by atoms with Crippen molar-refractivity contribution in [1.29, 1.82) is 0 Å². The summed E-state index contributed by atoms with van der Waals surface area (Å²) in [6, 6.07) is 17.9. The van der Waals surface area contributed by atoms with E-state index in [1.54, 1.807) is 36.2 Å². The number of nitrogens with zero attached hydrogens (tertiary/aromatic N) is 2. The molecule has 0 aromatic heterocycles. The maximum atomic E-state index is 15.3. The smallest absolute Gasteiger partial charge is 0.280 e. The molecule has 2 atom stereocenters. The van der Waals surface area contributed by atoms with Gasteiger partial charge in [0.15, 0.2) is 12.4 Å². The van der Waals surface area contributed by atoms with Crippen molar-refractivity contribution in [3.63, 3.8) is 0 Å². The highest BCUT2D eigenvalue weighted by atomic mass is 19.1. The van der Waals surface area contributed by atoms with Gasteiger partial charge in [0.05, 0.1) is 0 Å². The molecule has 2 aromatic carbocycles. The van der Waals surface area contributed by atoms with Crippen LogP contribution < -0.4 is 0 Å². The first-order valence-electron chi connectivity index (χ1n) is 8.74. The van der Waals surface area contributed by atoms with Gasteiger partial charge in [-0.1, -0.05) is 60.7 Å². The van der Waals surface area contributed by atoms with Gasteiger partial charge in [-0.05, 0) is 17.2 Å². The van der Waals surface area contributed by atoms with Crippen LogP contribution in [0.1, 0.15) is 31.1 Å². The Morgan fingerprint density at radius 3 is 2.27 bits per heavy atom. The quantitative estimate of drug-likeness (QED) is 0.762. The molecular formula is C22H24FN2O+. The summed E-state index contributed by atoms with van der Waals surface area (Å²) in [4.78, 5) is 14.4. The fourth-order valence-electron chi connectivity index (χ4n) is 3.27. The summed E-state index contributed by atoms with van der Waals surface area (Å²) in [6.45, 7) is 3.85. The normalized spacial score (nSPS) is 22.3. The molecule has 1 saturated heterocycles. The molecule has 0 spiro atoms. The van der Waals surface area contributed by atoms with Gasteiger partial charge in [-0.2, -0.15) is 4.58 Å². The van der Waals surface area contributed by atoms with Crippen molar-refractivity contribution < 1.29 is 13.8 Å². The highest BCUT2D eigenvalue weighted by molar-refractivity contribution is 5.85. The van der Waals surface area contributed by atoms with Gasteiger partial charge in [-0.3, -0.25) is 9.69 Å². The molecule has 3 rings (SSSR count). The Hall–Kier alpha value is -2.75. The van der Waals surface area contributed by atoms with Crippen molar-refractivity contribution in [2.45, 2.75) is 31.7 Å². The zero-order valence-corrected chi connectivity index (χ0v) is 15.3. The molecule has 0 bridgehead atoms. The van der Waals surface area contributed by atoms with Crippen molar-refractivity contribution in [1.82, 2.24) is 4.90 Å². The lowest BCUT2D eigenvalue weighted by atomic mass is 10.0. The fraction of sp³-hybridized carbons (Fsp3) is 0.273. The van der Waals surface area contributed by atoms with E-state index >= 15 is 4.39 Å². The zero-order valence-electron chi connectivity index (χ0n) is 15.3. The first-order chi connectivity index (χ1) is 12.4. The lowest BCUT2D eigenvalue weighted by Crippen LogP contribution is -2.43. The topological polar surface area (TPSA) is 23.3 Å². The van der Waals surface area contributed by atoms with E-state index < -0.39 is 17.9 Å². The number of rotatable bonds is 4. The van der Waals surface area contributed by atoms with Gasteiger partial charge in [0.1, 0.15) is 0 Å². The van der Waals surface area contributed by atoms with Crippen LogP contribution >= 0.6 is 0 Å². The summed E-state index contributed by atoms with van der Waals surface area (Å²) in [5.41, 5.74) is 0.960. The highest BCUT2D eigenvalue weighted by Crippen LogP contribution is 2.34. The standard InChI is InChI=1S/C22H24FN2O/c1-22(2)24(3)21(26)20(19(23)18-14-8-5-9-15-18)25(22)16-10-13-17-11-6-4-7-12-17/h4-16,19-20H,1-3H3/q+1/b13-10+,25-16-/t19-,20?/m0/s1. The average Bonchev–Trinajstić information content (AvgIpc) is 2.83. The van der Waals surface area contributed by atoms with Crippen molar-refractivity contribution >= 4 is 18.2 Å². The first-order valence-corrected chi connectivity index (χ1v) is 8.74. The second-order valence-electron chi connectivity index (χ2n) is 6.98. The monoisotopic (exact) mass is 351 g/mol. The minimum atomic E-state index is -1.39. The number of hydrogen-bond acceptors (Lipinski definition) is 1. The maximum Gasteiger partial charge on any atom is 0.299 e. The first kappa shape index (κ1) is 18.1. The summed E-state index contributed by atoms with van der Waals surface area (Å²) in [5, 5.41) is 0. The SMILES string of the molecule is CN1C(=O)C([C@@H](F)c2ccccc2)/[N+](=C/C=C/c2ccccc2)C1(C)C. The molecule has 1 fully saturated rings. The van der Waals surface area contributed by atoms with Crippen LogP contribution in [-0.4, -0.2) is 40.3 Å². The molecule has 0 N–H and O–H groups in total. The number of carbonyl (C=O) groups excluding carboxylic acids is 1. The van der Waals surface area contributed by atoms with Crippen LogP contribution in [0, 0.1) is 0 Å². The van der Waals surface area contributed by atoms with Crippen LogP contribution in [-0.2, 0) is 4.79 Å². The number of benzene rings is 2. The number of amides is 1. The largest absolute Gasteiger partial charge is 0.299 e. The molecule has 2 aromatic rings. The fourth-order valence-corrected chi connectivity index (χ4v) is 3.27. The highest BCUT2D eigenvalue weighted by Gasteiger charge is 2.57. The summed E-state index contributed by atoms with van der Waals surface area (Å²) in [5.74, 6) is -0.212. The lowest BCUT2D eigenvalue weighted by Gasteiger charge is -2.22. The third-order valence-corrected chi connectivity index (χ3v) is 5.07. The number of hydrogen-bond donors (Lipinski definition) is 0. The number of allylic oxidation sites excluding steroid dienone is 1. The molecule has 1 heterocycles. The summed E-state index contributed by atoms with van der Waals surface area (Å²) >= 11 is 0. The van der Waals surface area contributed by atoms with Gasteiger partial charge < -0.3 is 0 Å². The molecule has 1 aliphatic rings. The number of carbonyl (C=O) groups is 1. The third kappa shape index (κ3) is 3.32. The van der Waals surface area contributed by atoms with E-state index in [4.69, 9.17) is 0 Å². The molecule has 4 heteroatoms. The molecule has 134 valence electrons. The minimum absolute atomic E-state index is 0.212.